The molecule has 212 valence electrons. The fourth-order valence-electron chi connectivity index (χ4n) is 5.29. The zero-order valence-corrected chi connectivity index (χ0v) is 21.3. The van der Waals surface area contributed by atoms with Crippen molar-refractivity contribution < 1.29 is 45.4 Å². The molecular formula is C27H28F6N2O4. The summed E-state index contributed by atoms with van der Waals surface area (Å²) in [5, 5.41) is 2.78. The Balaban J connectivity index is 1.49. The monoisotopic (exact) mass is 558 g/mol. The molecule has 2 aromatic rings. The third kappa shape index (κ3) is 6.25. The van der Waals surface area contributed by atoms with Crippen LogP contribution in [0.25, 0.3) is 0 Å². The lowest BCUT2D eigenvalue weighted by Crippen LogP contribution is -2.47. The highest BCUT2D eigenvalue weighted by Crippen LogP contribution is 2.43. The highest BCUT2D eigenvalue weighted by Gasteiger charge is 2.39. The number of carbonyl (C=O) groups excluding carboxylic acids is 2. The number of alkyl halides is 6. The first-order valence-corrected chi connectivity index (χ1v) is 12.6. The van der Waals surface area contributed by atoms with Gasteiger partial charge < -0.3 is 14.8 Å². The van der Waals surface area contributed by atoms with Crippen molar-refractivity contribution >= 4 is 17.9 Å². The molecule has 0 aromatic heterocycles. The minimum atomic E-state index is -4.96. The van der Waals surface area contributed by atoms with Crippen LogP contribution < -0.4 is 10.2 Å². The van der Waals surface area contributed by atoms with Gasteiger partial charge in [0, 0.05) is 18.0 Å². The van der Waals surface area contributed by atoms with Crippen molar-refractivity contribution in [2.24, 2.45) is 0 Å². The zero-order valence-electron chi connectivity index (χ0n) is 21.3. The van der Waals surface area contributed by atoms with Gasteiger partial charge in [0.25, 0.3) is 0 Å². The molecule has 2 atom stereocenters. The number of rotatable bonds is 5. The van der Waals surface area contributed by atoms with E-state index >= 15 is 0 Å². The molecule has 0 saturated heterocycles. The largest absolute Gasteiger partial charge is 0.449 e. The molecule has 0 unspecified atom stereocenters. The van der Waals surface area contributed by atoms with Gasteiger partial charge in [-0.3, -0.25) is 4.90 Å². The van der Waals surface area contributed by atoms with E-state index in [-0.39, 0.29) is 30.7 Å². The van der Waals surface area contributed by atoms with Crippen molar-refractivity contribution in [2.75, 3.05) is 18.1 Å². The highest BCUT2D eigenvalue weighted by atomic mass is 19.4. The molecular weight excluding hydrogens is 530 g/mol. The van der Waals surface area contributed by atoms with Crippen LogP contribution in [0.15, 0.2) is 30.3 Å². The van der Waals surface area contributed by atoms with E-state index in [0.717, 1.165) is 36.0 Å². The molecule has 1 aliphatic heterocycles. The van der Waals surface area contributed by atoms with Crippen LogP contribution in [-0.4, -0.2) is 31.4 Å². The van der Waals surface area contributed by atoms with Gasteiger partial charge in [0.15, 0.2) is 0 Å². The van der Waals surface area contributed by atoms with Crippen molar-refractivity contribution in [1.29, 1.82) is 0 Å². The van der Waals surface area contributed by atoms with Gasteiger partial charge in [-0.15, -0.1) is 0 Å². The number of alkyl carbamates (subject to hydrolysis) is 1. The number of fused-ring (bicyclic) bond motifs is 3. The summed E-state index contributed by atoms with van der Waals surface area (Å²) in [7, 11) is 0. The molecule has 0 spiro atoms. The third-order valence-electron chi connectivity index (χ3n) is 6.96. The number of nitrogens with zero attached hydrogens (tertiary/aromatic N) is 1. The summed E-state index contributed by atoms with van der Waals surface area (Å²) in [4.78, 5) is 27.0. The van der Waals surface area contributed by atoms with Gasteiger partial charge in [0.05, 0.1) is 36.1 Å². The summed E-state index contributed by atoms with van der Waals surface area (Å²) in [5.41, 5.74) is 0.473. The topological polar surface area (TPSA) is 67.9 Å². The number of hydrogen-bond donors (Lipinski definition) is 1. The Labute approximate surface area is 221 Å². The predicted molar refractivity (Wildman–Crippen MR) is 129 cm³/mol. The third-order valence-corrected chi connectivity index (χ3v) is 6.96. The Morgan fingerprint density at radius 1 is 1.00 bits per heavy atom. The molecule has 1 N–H and O–H groups in total. The van der Waals surface area contributed by atoms with Crippen molar-refractivity contribution in [2.45, 2.75) is 70.4 Å². The van der Waals surface area contributed by atoms with Crippen LogP contribution in [0.2, 0.25) is 0 Å². The quantitative estimate of drug-likeness (QED) is 0.402. The van der Waals surface area contributed by atoms with Crippen molar-refractivity contribution in [3.63, 3.8) is 0 Å². The number of carbonyl (C=O) groups is 2. The molecule has 0 fully saturated rings. The maximum absolute atomic E-state index is 13.1. The molecule has 0 saturated carbocycles. The van der Waals surface area contributed by atoms with Crippen LogP contribution >= 0.6 is 0 Å². The van der Waals surface area contributed by atoms with Crippen molar-refractivity contribution in [3.05, 3.63) is 63.7 Å². The van der Waals surface area contributed by atoms with Gasteiger partial charge in [-0.25, -0.2) is 9.59 Å². The van der Waals surface area contributed by atoms with Crippen LogP contribution in [0.4, 0.5) is 41.6 Å². The van der Waals surface area contributed by atoms with Gasteiger partial charge in [-0.05, 0) is 80.5 Å². The second-order valence-corrected chi connectivity index (χ2v) is 9.64. The van der Waals surface area contributed by atoms with Crippen LogP contribution in [0, 0.1) is 0 Å². The molecule has 2 aliphatic rings. The summed E-state index contributed by atoms with van der Waals surface area (Å²) >= 11 is 0. The minimum Gasteiger partial charge on any atom is -0.449 e. The van der Waals surface area contributed by atoms with E-state index in [2.05, 4.69) is 5.32 Å². The maximum atomic E-state index is 13.1. The molecule has 1 heterocycles. The molecule has 0 radical (unpaired) electrons. The van der Waals surface area contributed by atoms with Gasteiger partial charge in [0.1, 0.15) is 0 Å². The Bertz CT molecular complexity index is 1210. The lowest BCUT2D eigenvalue weighted by Gasteiger charge is -2.39. The number of nitrogens with one attached hydrogen (secondary N) is 1. The van der Waals surface area contributed by atoms with Crippen LogP contribution in [-0.2, 0) is 41.1 Å². The Morgan fingerprint density at radius 2 is 1.67 bits per heavy atom. The van der Waals surface area contributed by atoms with E-state index in [0.29, 0.717) is 24.2 Å². The molecule has 4 rings (SSSR count). The molecule has 39 heavy (non-hydrogen) atoms. The van der Waals surface area contributed by atoms with Crippen molar-refractivity contribution in [3.8, 4) is 0 Å². The van der Waals surface area contributed by atoms with Gasteiger partial charge >= 0.3 is 24.5 Å². The molecule has 6 nitrogen and oxygen atoms in total. The second kappa shape index (κ2) is 11.0. The smallest absolute Gasteiger partial charge is 0.416 e. The normalized spacial score (nSPS) is 18.8. The number of ether oxygens (including phenoxy) is 2. The van der Waals surface area contributed by atoms with E-state index in [9.17, 15) is 35.9 Å². The summed E-state index contributed by atoms with van der Waals surface area (Å²) in [6.45, 7) is 3.30. The molecule has 1 aliphatic carbocycles. The van der Waals surface area contributed by atoms with Crippen LogP contribution in [0.3, 0.4) is 0 Å². The van der Waals surface area contributed by atoms with Crippen LogP contribution in [0.5, 0.6) is 0 Å². The molecule has 2 amide bonds. The molecule has 2 aromatic carbocycles. The fraction of sp³-hybridized carbons (Fsp3) is 0.481. The van der Waals surface area contributed by atoms with E-state index in [4.69, 9.17) is 9.47 Å². The number of anilines is 1. The first kappa shape index (κ1) is 28.6. The Morgan fingerprint density at radius 3 is 2.28 bits per heavy atom. The summed E-state index contributed by atoms with van der Waals surface area (Å²) in [5.74, 6) is 0. The number of benzene rings is 2. The molecule has 12 heteroatoms. The van der Waals surface area contributed by atoms with Gasteiger partial charge in [-0.1, -0.05) is 6.07 Å². The zero-order chi connectivity index (χ0) is 28.5. The van der Waals surface area contributed by atoms with Gasteiger partial charge in [-0.2, -0.15) is 26.3 Å². The van der Waals surface area contributed by atoms with E-state index in [1.165, 1.54) is 0 Å². The average Bonchev–Trinajstić information content (AvgIpc) is 3.31. The number of hydrogen-bond acceptors (Lipinski definition) is 4. The summed E-state index contributed by atoms with van der Waals surface area (Å²) in [6.07, 6.45) is -8.70. The average molecular weight is 559 g/mol. The minimum absolute atomic E-state index is 0.0524. The van der Waals surface area contributed by atoms with E-state index in [1.54, 1.807) is 11.8 Å². The highest BCUT2D eigenvalue weighted by molar-refractivity contribution is 5.91. The summed E-state index contributed by atoms with van der Waals surface area (Å²) < 4.78 is 89.1. The Kier molecular flexibility index (Phi) is 8.04. The lowest BCUT2D eigenvalue weighted by atomic mass is 9.87. The van der Waals surface area contributed by atoms with Crippen molar-refractivity contribution in [1.82, 2.24) is 5.32 Å². The lowest BCUT2D eigenvalue weighted by molar-refractivity contribution is -0.143. The maximum Gasteiger partial charge on any atom is 0.416 e. The second-order valence-electron chi connectivity index (χ2n) is 9.64. The first-order chi connectivity index (χ1) is 18.3. The standard InChI is InChI=1S/C27H28F6N2O4/c1-3-38-25(37)35-15(2)11-21(23-20-6-4-5-17(20)7-8-22(23)35)34-24(36)39-10-9-16-12-18(26(28,29)30)14-19(13-16)27(31,32)33/h7-8,12-15,21H,3-6,9-11H2,1-2H3,(H,34,36)/t15-,21+/m1/s1. The number of amides is 2. The number of aryl methyl sites for hydroxylation is 1. The predicted octanol–water partition coefficient (Wildman–Crippen LogP) is 6.98. The van der Waals surface area contributed by atoms with E-state index in [1.807, 2.05) is 19.1 Å². The van der Waals surface area contributed by atoms with E-state index < -0.39 is 48.3 Å². The fourth-order valence-corrected chi connectivity index (χ4v) is 5.29. The van der Waals surface area contributed by atoms with Gasteiger partial charge in [0.2, 0.25) is 0 Å². The van der Waals surface area contributed by atoms with Crippen LogP contribution in [0.1, 0.15) is 66.1 Å². The molecule has 0 bridgehead atoms. The Hall–Kier alpha value is -3.44. The SMILES string of the molecule is CCOC(=O)N1c2ccc3c(c2[C@@H](NC(=O)OCCc2cc(C(F)(F)F)cc(C(F)(F)F)c2)C[C@H]1C)CCC3. The first-order valence-electron chi connectivity index (χ1n) is 12.6. The number of halogens is 6. The summed E-state index contributed by atoms with van der Waals surface area (Å²) in [6, 6.07) is 4.24.